The average molecular weight is 312 g/mol. The molecule has 1 N–H and O–H groups in total. The number of nitrogens with zero attached hydrogens (tertiary/aromatic N) is 2. The molecule has 1 saturated carbocycles. The molecule has 2 aliphatic rings. The molecule has 1 aliphatic heterocycles. The third-order valence-corrected chi connectivity index (χ3v) is 7.19. The van der Waals surface area contributed by atoms with E-state index in [0.29, 0.717) is 29.1 Å². The van der Waals surface area contributed by atoms with E-state index in [-0.39, 0.29) is 6.61 Å². The first-order chi connectivity index (χ1) is 9.97. The molecule has 21 heavy (non-hydrogen) atoms. The van der Waals surface area contributed by atoms with Crippen molar-refractivity contribution in [1.29, 1.82) is 0 Å². The molecule has 3 rings (SSSR count). The largest absolute Gasteiger partial charge is 0.390 e. The van der Waals surface area contributed by atoms with Gasteiger partial charge in [0.25, 0.3) is 0 Å². The van der Waals surface area contributed by atoms with Gasteiger partial charge in [-0.25, -0.2) is 8.42 Å². The highest BCUT2D eigenvalue weighted by molar-refractivity contribution is 7.89. The third-order valence-electron chi connectivity index (χ3n) is 5.33. The molecule has 1 aromatic heterocycles. The van der Waals surface area contributed by atoms with E-state index in [2.05, 4.69) is 0 Å². The smallest absolute Gasteiger partial charge is 0.244 e. The van der Waals surface area contributed by atoms with Crippen molar-refractivity contribution in [2.45, 2.75) is 50.0 Å². The number of aliphatic hydroxyl groups excluding tert-OH is 1. The summed E-state index contributed by atoms with van der Waals surface area (Å²) < 4.78 is 28.7. The SMILES string of the molecule is Cn1cc(S(=O)(=O)N2CCC3(CCCC3)CC2)cc1CO. The molecule has 0 radical (unpaired) electrons. The van der Waals surface area contributed by atoms with E-state index in [1.807, 2.05) is 0 Å². The first-order valence-corrected chi connectivity index (χ1v) is 9.17. The highest BCUT2D eigenvalue weighted by Gasteiger charge is 2.40. The molecule has 5 nitrogen and oxygen atoms in total. The van der Waals surface area contributed by atoms with Crippen molar-refractivity contribution < 1.29 is 13.5 Å². The van der Waals surface area contributed by atoms with Crippen LogP contribution in [0.3, 0.4) is 0 Å². The van der Waals surface area contributed by atoms with Crippen molar-refractivity contribution in [3.05, 3.63) is 18.0 Å². The van der Waals surface area contributed by atoms with E-state index in [1.54, 1.807) is 28.2 Å². The fourth-order valence-corrected chi connectivity index (χ4v) is 5.39. The Kier molecular flexibility index (Phi) is 3.88. The predicted molar refractivity (Wildman–Crippen MR) is 80.2 cm³/mol. The van der Waals surface area contributed by atoms with Crippen LogP contribution < -0.4 is 0 Å². The zero-order chi connectivity index (χ0) is 15.1. The lowest BCUT2D eigenvalue weighted by Crippen LogP contribution is -2.42. The molecule has 0 amide bonds. The van der Waals surface area contributed by atoms with Crippen LogP contribution in [-0.2, 0) is 23.7 Å². The number of aromatic nitrogens is 1. The fraction of sp³-hybridized carbons (Fsp3) is 0.733. The average Bonchev–Trinajstić information content (AvgIpc) is 3.07. The highest BCUT2D eigenvalue weighted by atomic mass is 32.2. The van der Waals surface area contributed by atoms with Crippen molar-refractivity contribution in [2.75, 3.05) is 13.1 Å². The Labute approximate surface area is 126 Å². The van der Waals surface area contributed by atoms with Crippen molar-refractivity contribution in [1.82, 2.24) is 8.87 Å². The lowest BCUT2D eigenvalue weighted by atomic mass is 9.78. The van der Waals surface area contributed by atoms with E-state index < -0.39 is 10.0 Å². The summed E-state index contributed by atoms with van der Waals surface area (Å²) in [7, 11) is -1.66. The van der Waals surface area contributed by atoms with Gasteiger partial charge in [0.2, 0.25) is 10.0 Å². The molecular weight excluding hydrogens is 288 g/mol. The molecule has 118 valence electrons. The quantitative estimate of drug-likeness (QED) is 0.926. The predicted octanol–water partition coefficient (Wildman–Crippen LogP) is 1.86. The summed E-state index contributed by atoms with van der Waals surface area (Å²) in [5.74, 6) is 0. The van der Waals surface area contributed by atoms with Gasteiger partial charge in [-0.2, -0.15) is 4.31 Å². The minimum absolute atomic E-state index is 0.144. The zero-order valence-corrected chi connectivity index (χ0v) is 13.4. The normalized spacial score (nSPS) is 23.0. The number of sulfonamides is 1. The van der Waals surface area contributed by atoms with Gasteiger partial charge in [-0.3, -0.25) is 0 Å². The van der Waals surface area contributed by atoms with E-state index in [1.165, 1.54) is 25.7 Å². The zero-order valence-electron chi connectivity index (χ0n) is 12.6. The van der Waals surface area contributed by atoms with Gasteiger partial charge in [0.05, 0.1) is 6.61 Å². The van der Waals surface area contributed by atoms with E-state index in [9.17, 15) is 13.5 Å². The molecule has 1 aliphatic carbocycles. The Morgan fingerprint density at radius 1 is 1.19 bits per heavy atom. The van der Waals surface area contributed by atoms with Crippen molar-refractivity contribution >= 4 is 10.0 Å². The van der Waals surface area contributed by atoms with Gasteiger partial charge in [0.1, 0.15) is 4.90 Å². The van der Waals surface area contributed by atoms with Crippen molar-refractivity contribution in [2.24, 2.45) is 12.5 Å². The Bertz CT molecular complexity index is 605. The molecule has 0 bridgehead atoms. The summed E-state index contributed by atoms with van der Waals surface area (Å²) in [5.41, 5.74) is 1.04. The number of rotatable bonds is 3. The van der Waals surface area contributed by atoms with Crippen LogP contribution in [0.1, 0.15) is 44.2 Å². The standard InChI is InChI=1S/C15H24N2O3S/c1-16-11-14(10-13(16)12-18)21(19,20)17-8-6-15(7-9-17)4-2-3-5-15/h10-11,18H,2-9,12H2,1H3. The van der Waals surface area contributed by atoms with Gasteiger partial charge in [-0.05, 0) is 37.2 Å². The molecule has 0 unspecified atom stereocenters. The maximum Gasteiger partial charge on any atom is 0.244 e. The maximum absolute atomic E-state index is 12.7. The second-order valence-corrected chi connectivity index (χ2v) is 8.49. The summed E-state index contributed by atoms with van der Waals surface area (Å²) in [6, 6.07) is 1.58. The Morgan fingerprint density at radius 3 is 2.33 bits per heavy atom. The third kappa shape index (κ3) is 2.64. The minimum atomic E-state index is -3.42. The van der Waals surface area contributed by atoms with Crippen LogP contribution in [0.25, 0.3) is 0 Å². The first-order valence-electron chi connectivity index (χ1n) is 7.73. The molecule has 1 aromatic rings. The van der Waals surface area contributed by atoms with Gasteiger partial charge in [-0.1, -0.05) is 12.8 Å². The second-order valence-electron chi connectivity index (χ2n) is 6.55. The maximum atomic E-state index is 12.7. The molecule has 0 aromatic carbocycles. The van der Waals surface area contributed by atoms with Crippen LogP contribution in [0.2, 0.25) is 0 Å². The molecule has 2 fully saturated rings. The second kappa shape index (κ2) is 5.41. The number of hydrogen-bond donors (Lipinski definition) is 1. The number of hydrogen-bond acceptors (Lipinski definition) is 3. The fourth-order valence-electron chi connectivity index (χ4n) is 3.85. The van der Waals surface area contributed by atoms with Gasteiger partial charge >= 0.3 is 0 Å². The summed E-state index contributed by atoms with van der Waals surface area (Å²) in [4.78, 5) is 0.302. The minimum Gasteiger partial charge on any atom is -0.390 e. The van der Waals surface area contributed by atoms with Crippen LogP contribution in [0.5, 0.6) is 0 Å². The van der Waals surface area contributed by atoms with Gasteiger partial charge in [0.15, 0.2) is 0 Å². The molecular formula is C15H24N2O3S. The summed E-state index contributed by atoms with van der Waals surface area (Å²) in [5, 5.41) is 9.22. The van der Waals surface area contributed by atoms with Crippen molar-refractivity contribution in [3.8, 4) is 0 Å². The van der Waals surface area contributed by atoms with Gasteiger partial charge in [0, 0.05) is 32.0 Å². The lowest BCUT2D eigenvalue weighted by Gasteiger charge is -2.38. The van der Waals surface area contributed by atoms with Crippen LogP contribution >= 0.6 is 0 Å². The Balaban J connectivity index is 1.76. The van der Waals surface area contributed by atoms with Crippen LogP contribution in [0.4, 0.5) is 0 Å². The topological polar surface area (TPSA) is 62.5 Å². The van der Waals surface area contributed by atoms with Gasteiger partial charge < -0.3 is 9.67 Å². The molecule has 0 atom stereocenters. The molecule has 6 heteroatoms. The number of piperidine rings is 1. The summed E-state index contributed by atoms with van der Waals surface area (Å²) in [6.07, 6.45) is 8.71. The Hall–Kier alpha value is -0.850. The van der Waals surface area contributed by atoms with Crippen molar-refractivity contribution in [3.63, 3.8) is 0 Å². The van der Waals surface area contributed by atoms with Crippen LogP contribution in [0.15, 0.2) is 17.2 Å². The first kappa shape index (κ1) is 15.1. The van der Waals surface area contributed by atoms with Gasteiger partial charge in [-0.15, -0.1) is 0 Å². The van der Waals surface area contributed by atoms with E-state index in [0.717, 1.165) is 12.8 Å². The number of aryl methyl sites for hydroxylation is 1. The monoisotopic (exact) mass is 312 g/mol. The van der Waals surface area contributed by atoms with Crippen LogP contribution in [-0.4, -0.2) is 35.5 Å². The summed E-state index contributed by atoms with van der Waals surface area (Å²) >= 11 is 0. The number of aliphatic hydroxyl groups is 1. The van der Waals surface area contributed by atoms with E-state index in [4.69, 9.17) is 0 Å². The lowest BCUT2D eigenvalue weighted by molar-refractivity contribution is 0.160. The van der Waals surface area contributed by atoms with E-state index >= 15 is 0 Å². The Morgan fingerprint density at radius 2 is 1.81 bits per heavy atom. The van der Waals surface area contributed by atoms with Crippen LogP contribution in [0, 0.1) is 5.41 Å². The summed E-state index contributed by atoms with van der Waals surface area (Å²) in [6.45, 7) is 1.12. The molecule has 1 spiro atoms. The molecule has 2 heterocycles. The highest BCUT2D eigenvalue weighted by Crippen LogP contribution is 2.46. The molecule has 1 saturated heterocycles.